The highest BCUT2D eigenvalue weighted by Gasteiger charge is 2.10. The molecule has 2 N–H and O–H groups in total. The van der Waals surface area contributed by atoms with Crippen LogP contribution in [0.25, 0.3) is 0 Å². The van der Waals surface area contributed by atoms with Gasteiger partial charge >= 0.3 is 0 Å². The fraction of sp³-hybridized carbons (Fsp3) is 0.143. The van der Waals surface area contributed by atoms with E-state index in [9.17, 15) is 9.59 Å². The summed E-state index contributed by atoms with van der Waals surface area (Å²) in [6.07, 6.45) is 1.42. The standard InChI is InChI=1S/C21H21N3O3/c1-14-12-16(13-27-14)21(26)23-18-8-6-17(7-9-18)22-20(25)15-4-10-19(11-5-15)24(2)3/h4-13H,1-3H3,(H,22,25)(H,23,26). The molecule has 0 atom stereocenters. The van der Waals surface area contributed by atoms with Gasteiger partial charge in [0.25, 0.3) is 11.8 Å². The predicted molar refractivity (Wildman–Crippen MR) is 107 cm³/mol. The number of hydrogen-bond donors (Lipinski definition) is 2. The molecule has 1 heterocycles. The van der Waals surface area contributed by atoms with E-state index in [0.29, 0.717) is 28.3 Å². The van der Waals surface area contributed by atoms with Crippen LogP contribution in [-0.4, -0.2) is 25.9 Å². The summed E-state index contributed by atoms with van der Waals surface area (Å²) in [7, 11) is 3.90. The van der Waals surface area contributed by atoms with Crippen molar-refractivity contribution >= 4 is 28.9 Å². The normalized spacial score (nSPS) is 10.3. The molecule has 0 saturated carbocycles. The molecule has 2 aromatic carbocycles. The summed E-state index contributed by atoms with van der Waals surface area (Å²) in [5.41, 5.74) is 3.35. The van der Waals surface area contributed by atoms with E-state index in [-0.39, 0.29) is 11.8 Å². The minimum atomic E-state index is -0.246. The number of rotatable bonds is 5. The highest BCUT2D eigenvalue weighted by Crippen LogP contribution is 2.17. The number of carbonyl (C=O) groups is 2. The van der Waals surface area contributed by atoms with E-state index in [4.69, 9.17) is 4.42 Å². The summed E-state index contributed by atoms with van der Waals surface area (Å²) in [6, 6.07) is 16.0. The van der Waals surface area contributed by atoms with Crippen molar-refractivity contribution in [2.45, 2.75) is 6.92 Å². The quantitative estimate of drug-likeness (QED) is 0.714. The van der Waals surface area contributed by atoms with E-state index in [0.717, 1.165) is 5.69 Å². The van der Waals surface area contributed by atoms with Gasteiger partial charge in [-0.1, -0.05) is 0 Å². The number of amides is 2. The molecule has 27 heavy (non-hydrogen) atoms. The zero-order valence-electron chi connectivity index (χ0n) is 15.4. The van der Waals surface area contributed by atoms with E-state index < -0.39 is 0 Å². The smallest absolute Gasteiger partial charge is 0.258 e. The molecule has 0 radical (unpaired) electrons. The van der Waals surface area contributed by atoms with Gasteiger partial charge in [0.05, 0.1) is 5.56 Å². The third-order valence-corrected chi connectivity index (χ3v) is 4.04. The maximum atomic E-state index is 12.3. The summed E-state index contributed by atoms with van der Waals surface area (Å²) in [6.45, 7) is 1.78. The lowest BCUT2D eigenvalue weighted by molar-refractivity contribution is 0.101. The van der Waals surface area contributed by atoms with Gasteiger partial charge in [0.15, 0.2) is 0 Å². The Labute approximate surface area is 157 Å². The van der Waals surface area contributed by atoms with Crippen molar-refractivity contribution in [1.29, 1.82) is 0 Å². The minimum Gasteiger partial charge on any atom is -0.469 e. The summed E-state index contributed by atoms with van der Waals surface area (Å²) in [5.74, 6) is 0.243. The lowest BCUT2D eigenvalue weighted by Crippen LogP contribution is -2.13. The highest BCUT2D eigenvalue weighted by molar-refractivity contribution is 6.05. The van der Waals surface area contributed by atoms with E-state index in [1.807, 2.05) is 31.1 Å². The topological polar surface area (TPSA) is 74.6 Å². The van der Waals surface area contributed by atoms with E-state index in [1.165, 1.54) is 6.26 Å². The lowest BCUT2D eigenvalue weighted by atomic mass is 10.2. The Morgan fingerprint density at radius 3 is 1.78 bits per heavy atom. The number of benzene rings is 2. The second-order valence-corrected chi connectivity index (χ2v) is 6.37. The second-order valence-electron chi connectivity index (χ2n) is 6.37. The molecule has 0 aliphatic rings. The zero-order chi connectivity index (χ0) is 19.4. The van der Waals surface area contributed by atoms with Crippen molar-refractivity contribution < 1.29 is 14.0 Å². The van der Waals surface area contributed by atoms with Crippen LogP contribution in [0.15, 0.2) is 65.3 Å². The minimum absolute atomic E-state index is 0.189. The first kappa shape index (κ1) is 18.3. The Kier molecular flexibility index (Phi) is 5.26. The predicted octanol–water partition coefficient (Wildman–Crippen LogP) is 4.16. The van der Waals surface area contributed by atoms with Gasteiger partial charge in [-0.25, -0.2) is 0 Å². The van der Waals surface area contributed by atoms with Gasteiger partial charge in [-0.2, -0.15) is 0 Å². The third-order valence-electron chi connectivity index (χ3n) is 4.04. The molecule has 0 spiro atoms. The van der Waals surface area contributed by atoms with Crippen molar-refractivity contribution in [2.75, 3.05) is 29.6 Å². The number of carbonyl (C=O) groups excluding carboxylic acids is 2. The van der Waals surface area contributed by atoms with Crippen molar-refractivity contribution in [1.82, 2.24) is 0 Å². The maximum absolute atomic E-state index is 12.3. The first-order valence-electron chi connectivity index (χ1n) is 8.47. The van der Waals surface area contributed by atoms with E-state index in [2.05, 4.69) is 10.6 Å². The number of aryl methyl sites for hydroxylation is 1. The fourth-order valence-corrected chi connectivity index (χ4v) is 2.52. The van der Waals surface area contributed by atoms with Crippen molar-refractivity contribution in [3.63, 3.8) is 0 Å². The van der Waals surface area contributed by atoms with Crippen LogP contribution in [0.1, 0.15) is 26.5 Å². The van der Waals surface area contributed by atoms with Gasteiger partial charge in [0.1, 0.15) is 12.0 Å². The van der Waals surface area contributed by atoms with Crippen LogP contribution in [-0.2, 0) is 0 Å². The molecule has 0 bridgehead atoms. The molecule has 3 aromatic rings. The summed E-state index contributed by atoms with van der Waals surface area (Å²) >= 11 is 0. The van der Waals surface area contributed by atoms with Crippen LogP contribution in [0.3, 0.4) is 0 Å². The second kappa shape index (κ2) is 7.78. The summed E-state index contributed by atoms with van der Waals surface area (Å²) in [4.78, 5) is 26.4. The summed E-state index contributed by atoms with van der Waals surface area (Å²) in [5, 5.41) is 5.63. The van der Waals surface area contributed by atoms with Gasteiger partial charge in [-0.15, -0.1) is 0 Å². The Bertz CT molecular complexity index is 942. The molecular weight excluding hydrogens is 342 g/mol. The molecule has 0 saturated heterocycles. The lowest BCUT2D eigenvalue weighted by Gasteiger charge is -2.12. The van der Waals surface area contributed by atoms with Gasteiger partial charge in [-0.3, -0.25) is 9.59 Å². The van der Waals surface area contributed by atoms with Crippen molar-refractivity contribution in [2.24, 2.45) is 0 Å². The fourth-order valence-electron chi connectivity index (χ4n) is 2.52. The van der Waals surface area contributed by atoms with Crippen LogP contribution >= 0.6 is 0 Å². The van der Waals surface area contributed by atoms with Gasteiger partial charge < -0.3 is 20.0 Å². The maximum Gasteiger partial charge on any atom is 0.258 e. The largest absolute Gasteiger partial charge is 0.469 e. The van der Waals surface area contributed by atoms with E-state index >= 15 is 0 Å². The van der Waals surface area contributed by atoms with Gasteiger partial charge in [0, 0.05) is 36.7 Å². The number of furan rings is 1. The molecule has 0 fully saturated rings. The molecule has 3 rings (SSSR count). The van der Waals surface area contributed by atoms with E-state index in [1.54, 1.807) is 49.4 Å². The van der Waals surface area contributed by atoms with Gasteiger partial charge in [-0.05, 0) is 61.5 Å². The van der Waals surface area contributed by atoms with Gasteiger partial charge in [0.2, 0.25) is 0 Å². The van der Waals surface area contributed by atoms with Crippen LogP contribution < -0.4 is 15.5 Å². The molecule has 0 unspecified atom stereocenters. The summed E-state index contributed by atoms with van der Waals surface area (Å²) < 4.78 is 5.14. The molecule has 6 heteroatoms. The average molecular weight is 363 g/mol. The molecular formula is C21H21N3O3. The van der Waals surface area contributed by atoms with Crippen LogP contribution in [0, 0.1) is 6.92 Å². The number of hydrogen-bond acceptors (Lipinski definition) is 4. The van der Waals surface area contributed by atoms with Crippen molar-refractivity contribution in [3.8, 4) is 0 Å². The molecule has 0 aliphatic heterocycles. The molecule has 0 aliphatic carbocycles. The zero-order valence-corrected chi connectivity index (χ0v) is 15.4. The Morgan fingerprint density at radius 1 is 0.815 bits per heavy atom. The molecule has 1 aromatic heterocycles. The van der Waals surface area contributed by atoms with Crippen LogP contribution in [0.2, 0.25) is 0 Å². The highest BCUT2D eigenvalue weighted by atomic mass is 16.3. The molecule has 2 amide bonds. The number of anilines is 3. The first-order chi connectivity index (χ1) is 12.9. The monoisotopic (exact) mass is 363 g/mol. The molecule has 138 valence electrons. The Balaban J connectivity index is 1.61. The SMILES string of the molecule is Cc1cc(C(=O)Nc2ccc(NC(=O)c3ccc(N(C)C)cc3)cc2)co1. The average Bonchev–Trinajstić information content (AvgIpc) is 3.10. The molecule has 6 nitrogen and oxygen atoms in total. The third kappa shape index (κ3) is 4.55. The van der Waals surface area contributed by atoms with Crippen LogP contribution in [0.5, 0.6) is 0 Å². The van der Waals surface area contributed by atoms with Crippen LogP contribution in [0.4, 0.5) is 17.1 Å². The Morgan fingerprint density at radius 2 is 1.33 bits per heavy atom. The Hall–Kier alpha value is -3.54. The number of nitrogens with one attached hydrogen (secondary N) is 2. The first-order valence-corrected chi connectivity index (χ1v) is 8.47. The van der Waals surface area contributed by atoms with Crippen molar-refractivity contribution in [3.05, 3.63) is 77.7 Å². The number of nitrogens with zero attached hydrogens (tertiary/aromatic N) is 1.